The second-order valence-corrected chi connectivity index (χ2v) is 10.1. The lowest BCUT2D eigenvalue weighted by molar-refractivity contribution is -0.131. The molecule has 4 rings (SSSR count). The lowest BCUT2D eigenvalue weighted by Gasteiger charge is -2.36. The van der Waals surface area contributed by atoms with E-state index in [1.165, 1.54) is 11.5 Å². The summed E-state index contributed by atoms with van der Waals surface area (Å²) >= 11 is 7.53. The Bertz CT molecular complexity index is 1130. The maximum Gasteiger partial charge on any atom is 0.224 e. The Labute approximate surface area is 216 Å². The van der Waals surface area contributed by atoms with E-state index in [0.29, 0.717) is 19.4 Å². The Morgan fingerprint density at radius 3 is 2.63 bits per heavy atom. The average molecular weight is 514 g/mol. The van der Waals surface area contributed by atoms with Gasteiger partial charge in [-0.2, -0.15) is 4.37 Å². The number of hydrogen-bond donors (Lipinski definition) is 0. The summed E-state index contributed by atoms with van der Waals surface area (Å²) in [6.45, 7) is 7.93. The highest BCUT2D eigenvalue weighted by Crippen LogP contribution is 2.24. The molecule has 2 heterocycles. The molecule has 1 fully saturated rings. The van der Waals surface area contributed by atoms with Gasteiger partial charge in [0.05, 0.1) is 7.11 Å². The molecule has 0 radical (unpaired) electrons. The number of rotatable bonds is 9. The molecule has 35 heavy (non-hydrogen) atoms. The summed E-state index contributed by atoms with van der Waals surface area (Å²) in [5.74, 6) is 1.79. The maximum absolute atomic E-state index is 13.0. The van der Waals surface area contributed by atoms with Crippen molar-refractivity contribution in [2.24, 2.45) is 0 Å². The molecule has 0 atom stereocenters. The number of amides is 1. The highest BCUT2D eigenvalue weighted by molar-refractivity contribution is 7.09. The van der Waals surface area contributed by atoms with E-state index in [0.717, 1.165) is 59.2 Å². The van der Waals surface area contributed by atoms with Crippen LogP contribution in [0.3, 0.4) is 0 Å². The zero-order valence-electron chi connectivity index (χ0n) is 20.5. The first kappa shape index (κ1) is 25.3. The summed E-state index contributed by atoms with van der Waals surface area (Å²) in [7, 11) is 1.67. The van der Waals surface area contributed by atoms with Crippen LogP contribution in [0.5, 0.6) is 5.75 Å². The van der Waals surface area contributed by atoms with Gasteiger partial charge in [0.25, 0.3) is 0 Å². The van der Waals surface area contributed by atoms with Gasteiger partial charge in [-0.3, -0.25) is 4.79 Å². The van der Waals surface area contributed by atoms with Crippen LogP contribution in [0.25, 0.3) is 0 Å². The van der Waals surface area contributed by atoms with E-state index in [9.17, 15) is 4.79 Å². The summed E-state index contributed by atoms with van der Waals surface area (Å²) in [5, 5.41) is 1.59. The second-order valence-electron chi connectivity index (χ2n) is 8.91. The van der Waals surface area contributed by atoms with E-state index in [-0.39, 0.29) is 11.9 Å². The van der Waals surface area contributed by atoms with Gasteiger partial charge < -0.3 is 19.4 Å². The number of carbonyl (C=O) groups is 1. The largest absolute Gasteiger partial charge is 0.497 e. The third-order valence-corrected chi connectivity index (χ3v) is 7.22. The lowest BCUT2D eigenvalue weighted by Crippen LogP contribution is -2.49. The van der Waals surface area contributed by atoms with Crippen molar-refractivity contribution in [3.05, 3.63) is 64.9 Å². The first-order valence-electron chi connectivity index (χ1n) is 11.9. The van der Waals surface area contributed by atoms with Crippen LogP contribution < -0.4 is 14.5 Å². The van der Waals surface area contributed by atoms with E-state index in [4.69, 9.17) is 21.3 Å². The molecule has 0 saturated carbocycles. The third kappa shape index (κ3) is 6.64. The molecule has 0 N–H and O–H groups in total. The molecule has 1 aliphatic heterocycles. The molecule has 0 bridgehead atoms. The van der Waals surface area contributed by atoms with Gasteiger partial charge in [-0.25, -0.2) is 4.98 Å². The fraction of sp³-hybridized carbons (Fsp3) is 0.423. The Hall–Kier alpha value is -2.84. The third-order valence-electron chi connectivity index (χ3n) is 6.20. The second kappa shape index (κ2) is 11.7. The molecule has 1 amide bonds. The van der Waals surface area contributed by atoms with Gasteiger partial charge in [-0.1, -0.05) is 29.8 Å². The molecule has 3 aromatic rings. The average Bonchev–Trinajstić information content (AvgIpc) is 3.32. The van der Waals surface area contributed by atoms with Gasteiger partial charge in [0, 0.05) is 73.8 Å². The molecule has 7 nitrogen and oxygen atoms in total. The quantitative estimate of drug-likeness (QED) is 0.411. The van der Waals surface area contributed by atoms with Crippen LogP contribution in [-0.4, -0.2) is 66.0 Å². The van der Waals surface area contributed by atoms with Gasteiger partial charge in [0.15, 0.2) is 0 Å². The Morgan fingerprint density at radius 2 is 1.91 bits per heavy atom. The smallest absolute Gasteiger partial charge is 0.224 e. The number of piperazine rings is 1. The van der Waals surface area contributed by atoms with Crippen molar-refractivity contribution < 1.29 is 9.53 Å². The van der Waals surface area contributed by atoms with Crippen LogP contribution >= 0.6 is 23.1 Å². The molecule has 186 valence electrons. The summed E-state index contributed by atoms with van der Waals surface area (Å²) in [6, 6.07) is 16.1. The Morgan fingerprint density at radius 1 is 1.14 bits per heavy atom. The Kier molecular flexibility index (Phi) is 8.46. The molecule has 1 aliphatic rings. The van der Waals surface area contributed by atoms with Crippen LogP contribution in [0.15, 0.2) is 48.5 Å². The van der Waals surface area contributed by atoms with Crippen molar-refractivity contribution in [1.29, 1.82) is 0 Å². The number of ether oxygens (including phenoxy) is 1. The zero-order valence-corrected chi connectivity index (χ0v) is 22.1. The fourth-order valence-electron chi connectivity index (χ4n) is 4.23. The van der Waals surface area contributed by atoms with E-state index in [1.54, 1.807) is 7.11 Å². The van der Waals surface area contributed by atoms with Crippen LogP contribution in [-0.2, 0) is 11.2 Å². The minimum Gasteiger partial charge on any atom is -0.497 e. The topological polar surface area (TPSA) is 61.8 Å². The fourth-order valence-corrected chi connectivity index (χ4v) is 5.26. The summed E-state index contributed by atoms with van der Waals surface area (Å²) in [6.07, 6.45) is 1.11. The van der Waals surface area contributed by atoms with Crippen molar-refractivity contribution in [2.45, 2.75) is 32.7 Å². The van der Waals surface area contributed by atoms with Crippen LogP contribution in [0.1, 0.15) is 31.7 Å². The predicted molar refractivity (Wildman–Crippen MR) is 143 cm³/mol. The number of halogens is 1. The SMILES string of the molecule is COc1cccc(Cc2nsc(N(CCC(=O)N3CCN(c4cccc(Cl)c4)CC3)C(C)C)n2)c1. The molecule has 0 spiro atoms. The van der Waals surface area contributed by atoms with E-state index < -0.39 is 0 Å². The molecule has 2 aromatic carbocycles. The van der Waals surface area contributed by atoms with Crippen molar-refractivity contribution >= 4 is 39.9 Å². The summed E-state index contributed by atoms with van der Waals surface area (Å²) in [5.41, 5.74) is 2.22. The van der Waals surface area contributed by atoms with Crippen LogP contribution in [0.4, 0.5) is 10.8 Å². The number of methoxy groups -OCH3 is 1. The molecule has 0 aliphatic carbocycles. The van der Waals surface area contributed by atoms with E-state index >= 15 is 0 Å². The number of aromatic nitrogens is 2. The van der Waals surface area contributed by atoms with Gasteiger partial charge in [0.2, 0.25) is 11.0 Å². The summed E-state index contributed by atoms with van der Waals surface area (Å²) < 4.78 is 9.88. The first-order chi connectivity index (χ1) is 16.9. The standard InChI is InChI=1S/C26H32ClN5O2S/c1-19(2)32(26-28-24(29-35-26)17-20-6-4-9-23(16-20)34-3)11-10-25(33)31-14-12-30(13-15-31)22-8-5-7-21(27)18-22/h4-9,16,18-19H,10-15,17H2,1-3H3. The zero-order chi connectivity index (χ0) is 24.8. The molecule has 0 unspecified atom stereocenters. The normalized spacial score (nSPS) is 13.9. The Balaban J connectivity index is 1.31. The van der Waals surface area contributed by atoms with Crippen molar-refractivity contribution in [1.82, 2.24) is 14.3 Å². The van der Waals surface area contributed by atoms with E-state index in [2.05, 4.69) is 34.1 Å². The summed E-state index contributed by atoms with van der Waals surface area (Å²) in [4.78, 5) is 24.2. The molecule has 9 heteroatoms. The minimum absolute atomic E-state index is 0.183. The van der Waals surface area contributed by atoms with Crippen LogP contribution in [0, 0.1) is 0 Å². The van der Waals surface area contributed by atoms with Crippen LogP contribution in [0.2, 0.25) is 5.02 Å². The molecule has 1 saturated heterocycles. The molecule has 1 aromatic heterocycles. The van der Waals surface area contributed by atoms with Crippen molar-refractivity contribution in [3.63, 3.8) is 0 Å². The number of hydrogen-bond acceptors (Lipinski definition) is 7. The maximum atomic E-state index is 13.0. The molecular formula is C26H32ClN5O2S. The highest BCUT2D eigenvalue weighted by atomic mass is 35.5. The number of nitrogens with zero attached hydrogens (tertiary/aromatic N) is 5. The highest BCUT2D eigenvalue weighted by Gasteiger charge is 2.23. The monoisotopic (exact) mass is 513 g/mol. The van der Waals surface area contributed by atoms with Gasteiger partial charge in [-0.15, -0.1) is 0 Å². The van der Waals surface area contributed by atoms with Gasteiger partial charge in [0.1, 0.15) is 11.6 Å². The minimum atomic E-state index is 0.183. The van der Waals surface area contributed by atoms with Gasteiger partial charge >= 0.3 is 0 Å². The van der Waals surface area contributed by atoms with E-state index in [1.807, 2.05) is 47.4 Å². The van der Waals surface area contributed by atoms with Crippen molar-refractivity contribution in [2.75, 3.05) is 49.6 Å². The number of anilines is 2. The lowest BCUT2D eigenvalue weighted by atomic mass is 10.1. The number of benzene rings is 2. The van der Waals surface area contributed by atoms with Gasteiger partial charge in [-0.05, 0) is 49.7 Å². The number of carbonyl (C=O) groups excluding carboxylic acids is 1. The predicted octanol–water partition coefficient (Wildman–Crippen LogP) is 4.74. The first-order valence-corrected chi connectivity index (χ1v) is 13.1. The molecular weight excluding hydrogens is 482 g/mol. The van der Waals surface area contributed by atoms with Crippen molar-refractivity contribution in [3.8, 4) is 5.75 Å².